The van der Waals surface area contributed by atoms with E-state index in [2.05, 4.69) is 65.3 Å². The van der Waals surface area contributed by atoms with Crippen LogP contribution in [-0.4, -0.2) is 77.9 Å². The number of carbonyl (C=O) groups is 4. The molecule has 49 heavy (non-hydrogen) atoms. The predicted octanol–water partition coefficient (Wildman–Crippen LogP) is 7.15. The molecule has 8 nitrogen and oxygen atoms in total. The highest BCUT2D eigenvalue weighted by Crippen LogP contribution is 2.77. The van der Waals surface area contributed by atoms with Crippen molar-refractivity contribution in [1.29, 1.82) is 0 Å². The van der Waals surface area contributed by atoms with Crippen LogP contribution in [0.5, 0.6) is 0 Å². The average Bonchev–Trinajstić information content (AvgIpc) is 3.32. The number of nitrogens with zero attached hydrogens (tertiary/aromatic N) is 2. The van der Waals surface area contributed by atoms with Crippen molar-refractivity contribution in [3.05, 3.63) is 11.1 Å². The molecular weight excluding hydrogens is 616 g/mol. The highest BCUT2D eigenvalue weighted by atomic mass is 16.5. The summed E-state index contributed by atoms with van der Waals surface area (Å²) in [5.41, 5.74) is 0.219. The molecule has 0 aromatic carbocycles. The zero-order valence-electron chi connectivity index (χ0n) is 32.2. The Balaban J connectivity index is 1.30. The fraction of sp³-hybridized carbons (Fsp3) is 0.854. The minimum Gasteiger partial charge on any atom is -0.481 e. The molecule has 5 aliphatic carbocycles. The molecule has 1 aliphatic heterocycles. The summed E-state index contributed by atoms with van der Waals surface area (Å²) in [7, 11) is 2.12. The van der Waals surface area contributed by atoms with Crippen molar-refractivity contribution >= 4 is 23.6 Å². The van der Waals surface area contributed by atoms with Crippen LogP contribution in [-0.2, 0) is 23.9 Å². The largest absolute Gasteiger partial charge is 0.481 e. The molecule has 1 heterocycles. The number of amides is 1. The van der Waals surface area contributed by atoms with Gasteiger partial charge in [-0.2, -0.15) is 0 Å². The van der Waals surface area contributed by atoms with Crippen LogP contribution in [0.2, 0.25) is 0 Å². The number of rotatable bonds is 6. The maximum absolute atomic E-state index is 14.7. The lowest BCUT2D eigenvalue weighted by Crippen LogP contribution is -2.66. The van der Waals surface area contributed by atoms with Gasteiger partial charge in [0.15, 0.2) is 5.78 Å². The molecule has 1 N–H and O–H groups in total. The quantitative estimate of drug-likeness (QED) is 0.297. The smallest absolute Gasteiger partial charge is 0.309 e. The number of Topliss-reactive ketones (excluding diaryl/α,β-unsaturated/α-hetero) is 1. The Morgan fingerprint density at radius 3 is 2.14 bits per heavy atom. The molecule has 5 fully saturated rings. The minimum atomic E-state index is -1.16. The van der Waals surface area contributed by atoms with Crippen molar-refractivity contribution in [3.63, 3.8) is 0 Å². The minimum absolute atomic E-state index is 0.0221. The molecule has 0 bridgehead atoms. The third-order valence-corrected chi connectivity index (χ3v) is 16.0. The number of esters is 1. The maximum Gasteiger partial charge on any atom is 0.309 e. The number of allylic oxidation sites excluding steroid dienone is 1. The van der Waals surface area contributed by atoms with Crippen molar-refractivity contribution in [2.24, 2.45) is 56.2 Å². The Labute approximate surface area is 295 Å². The third-order valence-electron chi connectivity index (χ3n) is 16.0. The molecule has 1 saturated heterocycles. The molecule has 0 spiro atoms. The first-order chi connectivity index (χ1) is 22.7. The van der Waals surface area contributed by atoms with Crippen LogP contribution < -0.4 is 0 Å². The van der Waals surface area contributed by atoms with Crippen molar-refractivity contribution in [3.8, 4) is 0 Å². The fourth-order valence-corrected chi connectivity index (χ4v) is 13.0. The van der Waals surface area contributed by atoms with Gasteiger partial charge in [-0.15, -0.1) is 0 Å². The van der Waals surface area contributed by atoms with Crippen LogP contribution in [0.25, 0.3) is 0 Å². The maximum atomic E-state index is 14.7. The average molecular weight is 681 g/mol. The van der Waals surface area contributed by atoms with Gasteiger partial charge >= 0.3 is 11.9 Å². The second kappa shape index (κ2) is 11.9. The standard InChI is InChI=1S/C41H64N2O6/c1-25(2)32-27(44)23-41(34(46)43-21-19-42(10)20-22-43)18-17-39(8)26(33(32)41)11-12-29-38(7)15-14-30(49-31(45)24-36(3,4)35(47)48)37(5,6)28(38)13-16-40(29,39)9/h25-26,28-30H,11-24H2,1-10H3,(H,47,48)/t26-,28+,29-,30+,38+,39-,40-,41-/m1/s1. The lowest BCUT2D eigenvalue weighted by atomic mass is 9.33. The first-order valence-corrected chi connectivity index (χ1v) is 19.3. The second-order valence-corrected chi connectivity index (χ2v) is 19.6. The molecule has 8 atom stereocenters. The second-order valence-electron chi connectivity index (χ2n) is 19.6. The number of aliphatic carboxylic acids is 1. The van der Waals surface area contributed by atoms with E-state index in [0.29, 0.717) is 18.3 Å². The number of carbonyl (C=O) groups excluding carboxylic acids is 3. The molecular formula is C41H64N2O6. The van der Waals surface area contributed by atoms with E-state index < -0.39 is 22.8 Å². The molecule has 6 rings (SSSR count). The van der Waals surface area contributed by atoms with Gasteiger partial charge in [0, 0.05) is 38.0 Å². The van der Waals surface area contributed by atoms with Gasteiger partial charge in [0.05, 0.1) is 17.3 Å². The van der Waals surface area contributed by atoms with Gasteiger partial charge in [-0.3, -0.25) is 19.2 Å². The highest BCUT2D eigenvalue weighted by molar-refractivity contribution is 6.07. The van der Waals surface area contributed by atoms with Crippen LogP contribution in [0.1, 0.15) is 127 Å². The molecule has 0 aromatic rings. The summed E-state index contributed by atoms with van der Waals surface area (Å²) in [4.78, 5) is 57.8. The summed E-state index contributed by atoms with van der Waals surface area (Å²) >= 11 is 0. The van der Waals surface area contributed by atoms with Crippen LogP contribution in [0, 0.1) is 56.2 Å². The number of piperazine rings is 1. The van der Waals surface area contributed by atoms with Gasteiger partial charge < -0.3 is 19.6 Å². The van der Waals surface area contributed by atoms with E-state index in [9.17, 15) is 24.3 Å². The van der Waals surface area contributed by atoms with Gasteiger partial charge in [0.25, 0.3) is 0 Å². The lowest BCUT2D eigenvalue weighted by molar-refractivity contribution is -0.233. The number of fused-ring (bicyclic) bond motifs is 7. The van der Waals surface area contributed by atoms with E-state index in [1.807, 2.05) is 0 Å². The summed E-state index contributed by atoms with van der Waals surface area (Å²) in [6, 6.07) is 0. The third kappa shape index (κ3) is 5.29. The summed E-state index contributed by atoms with van der Waals surface area (Å²) < 4.78 is 6.16. The number of carboxylic acid groups (broad SMARTS) is 1. The van der Waals surface area contributed by atoms with Gasteiger partial charge in [0.1, 0.15) is 6.10 Å². The van der Waals surface area contributed by atoms with Gasteiger partial charge in [0.2, 0.25) is 5.91 Å². The zero-order chi connectivity index (χ0) is 36.1. The first kappa shape index (κ1) is 36.6. The molecule has 274 valence electrons. The van der Waals surface area contributed by atoms with Crippen LogP contribution in [0.4, 0.5) is 0 Å². The SMILES string of the molecule is CC(C)C1=C2[C@H]3CC[C@@H]4[C@@]5(C)CC[C@H](OC(=O)CC(C)(C)C(=O)O)C(C)(C)[C@@H]5CC[C@@]4(C)[C@]3(C)CC[C@@]2(C(=O)N2CCN(C)CC2)CC1=O. The summed E-state index contributed by atoms with van der Waals surface area (Å²) in [5, 5.41) is 9.59. The predicted molar refractivity (Wildman–Crippen MR) is 189 cm³/mol. The molecule has 0 radical (unpaired) electrons. The van der Waals surface area contributed by atoms with E-state index in [1.54, 1.807) is 13.8 Å². The number of hydrogen-bond donors (Lipinski definition) is 1. The van der Waals surface area contributed by atoms with E-state index in [1.165, 1.54) is 5.57 Å². The zero-order valence-corrected chi connectivity index (χ0v) is 32.2. The van der Waals surface area contributed by atoms with E-state index in [0.717, 1.165) is 83.1 Å². The number of ketones is 1. The van der Waals surface area contributed by atoms with E-state index in [4.69, 9.17) is 4.74 Å². The van der Waals surface area contributed by atoms with E-state index >= 15 is 0 Å². The molecule has 8 heteroatoms. The Kier molecular flexibility index (Phi) is 8.89. The Hall–Kier alpha value is -2.22. The molecule has 0 unspecified atom stereocenters. The van der Waals surface area contributed by atoms with E-state index in [-0.39, 0.29) is 57.7 Å². The number of hydrogen-bond acceptors (Lipinski definition) is 6. The number of likely N-dealkylation sites (N-methyl/N-ethyl adjacent to an activating group) is 1. The first-order valence-electron chi connectivity index (χ1n) is 19.3. The van der Waals surface area contributed by atoms with Crippen LogP contribution >= 0.6 is 0 Å². The monoisotopic (exact) mass is 680 g/mol. The normalized spacial score (nSPS) is 40.7. The molecule has 6 aliphatic rings. The summed E-state index contributed by atoms with van der Waals surface area (Å²) in [5.74, 6) is 0.209. The number of carboxylic acids is 1. The van der Waals surface area contributed by atoms with Crippen molar-refractivity contribution in [2.45, 2.75) is 133 Å². The van der Waals surface area contributed by atoms with Crippen molar-refractivity contribution < 1.29 is 29.0 Å². The Bertz CT molecular complexity index is 1440. The molecule has 0 aromatic heterocycles. The van der Waals surface area contributed by atoms with Gasteiger partial charge in [-0.1, -0.05) is 48.5 Å². The fourth-order valence-electron chi connectivity index (χ4n) is 13.0. The highest BCUT2D eigenvalue weighted by Gasteiger charge is 2.71. The van der Waals surface area contributed by atoms with Gasteiger partial charge in [-0.25, -0.2) is 0 Å². The van der Waals surface area contributed by atoms with Crippen molar-refractivity contribution in [2.75, 3.05) is 33.2 Å². The topological polar surface area (TPSA) is 104 Å². The van der Waals surface area contributed by atoms with Crippen LogP contribution in [0.15, 0.2) is 11.1 Å². The number of ether oxygens (including phenoxy) is 1. The lowest BCUT2D eigenvalue weighted by Gasteiger charge is -2.72. The summed E-state index contributed by atoms with van der Waals surface area (Å²) in [6.45, 7) is 22.8. The Morgan fingerprint density at radius 1 is 0.878 bits per heavy atom. The summed E-state index contributed by atoms with van der Waals surface area (Å²) in [6.07, 6.45) is 7.70. The Morgan fingerprint density at radius 2 is 1.53 bits per heavy atom. The van der Waals surface area contributed by atoms with Crippen LogP contribution in [0.3, 0.4) is 0 Å². The van der Waals surface area contributed by atoms with Gasteiger partial charge in [-0.05, 0) is 123 Å². The molecule has 1 amide bonds. The van der Waals surface area contributed by atoms with Crippen molar-refractivity contribution in [1.82, 2.24) is 9.80 Å². The molecule has 4 saturated carbocycles.